The highest BCUT2D eigenvalue weighted by Crippen LogP contribution is 2.19. The quantitative estimate of drug-likeness (QED) is 0.841. The van der Waals surface area contributed by atoms with Crippen molar-refractivity contribution in [3.05, 3.63) is 35.6 Å². The number of rotatable bonds is 3. The molecule has 0 heterocycles. The fourth-order valence-corrected chi connectivity index (χ4v) is 1.30. The number of aliphatic hydroxyl groups is 1. The summed E-state index contributed by atoms with van der Waals surface area (Å²) in [7, 11) is 0. The molecule has 1 rings (SSSR count). The molecule has 0 fully saturated rings. The minimum atomic E-state index is -0.597. The topological polar surface area (TPSA) is 46.2 Å². The van der Waals surface area contributed by atoms with Crippen molar-refractivity contribution in [2.24, 2.45) is 11.7 Å². The highest BCUT2D eigenvalue weighted by molar-refractivity contribution is 5.85. The van der Waals surface area contributed by atoms with Gasteiger partial charge in [0, 0.05) is 0 Å². The first kappa shape index (κ1) is 14.4. The Bertz CT molecular complexity index is 289. The number of benzene rings is 1. The molecule has 0 amide bonds. The van der Waals surface area contributed by atoms with Gasteiger partial charge >= 0.3 is 0 Å². The highest BCUT2D eigenvalue weighted by Gasteiger charge is 2.19. The molecule has 2 atom stereocenters. The van der Waals surface area contributed by atoms with E-state index >= 15 is 0 Å². The van der Waals surface area contributed by atoms with Crippen LogP contribution in [-0.4, -0.2) is 11.2 Å². The van der Waals surface area contributed by atoms with Crippen LogP contribution in [0.15, 0.2) is 24.3 Å². The molecule has 86 valence electrons. The van der Waals surface area contributed by atoms with Crippen molar-refractivity contribution in [3.63, 3.8) is 0 Å². The van der Waals surface area contributed by atoms with Crippen LogP contribution in [0.1, 0.15) is 25.5 Å². The molecule has 1 aromatic rings. The zero-order valence-corrected chi connectivity index (χ0v) is 9.67. The zero-order chi connectivity index (χ0) is 10.7. The van der Waals surface area contributed by atoms with Gasteiger partial charge in [0.25, 0.3) is 0 Å². The maximum atomic E-state index is 12.6. The Morgan fingerprint density at radius 3 is 2.07 bits per heavy atom. The Morgan fingerprint density at radius 2 is 1.67 bits per heavy atom. The third-order valence-corrected chi connectivity index (χ3v) is 2.31. The van der Waals surface area contributed by atoms with E-state index < -0.39 is 12.1 Å². The summed E-state index contributed by atoms with van der Waals surface area (Å²) < 4.78 is 12.6. The molecule has 0 bridgehead atoms. The lowest BCUT2D eigenvalue weighted by Crippen LogP contribution is -2.30. The van der Waals surface area contributed by atoms with Gasteiger partial charge in [-0.05, 0) is 23.6 Å². The van der Waals surface area contributed by atoms with Crippen molar-refractivity contribution in [2.75, 3.05) is 0 Å². The van der Waals surface area contributed by atoms with Crippen molar-refractivity contribution >= 4 is 12.4 Å². The van der Waals surface area contributed by atoms with E-state index in [1.165, 1.54) is 12.1 Å². The van der Waals surface area contributed by atoms with Crippen LogP contribution in [0.4, 0.5) is 4.39 Å². The van der Waals surface area contributed by atoms with Crippen molar-refractivity contribution in [1.29, 1.82) is 0 Å². The standard InChI is InChI=1S/C11H16FNO.ClH/c1-7(2)11(14)10(13)8-3-5-9(12)6-4-8;/h3-7,10-11,14H,13H2,1-2H3;1H/t10-,11+;/m1./s1. The van der Waals surface area contributed by atoms with Gasteiger partial charge in [-0.25, -0.2) is 4.39 Å². The monoisotopic (exact) mass is 233 g/mol. The molecule has 3 N–H and O–H groups in total. The van der Waals surface area contributed by atoms with Gasteiger partial charge in [-0.3, -0.25) is 0 Å². The largest absolute Gasteiger partial charge is 0.391 e. The van der Waals surface area contributed by atoms with Crippen molar-refractivity contribution in [3.8, 4) is 0 Å². The number of hydrogen-bond donors (Lipinski definition) is 2. The lowest BCUT2D eigenvalue weighted by Gasteiger charge is -2.22. The fraction of sp³-hybridized carbons (Fsp3) is 0.455. The Labute approximate surface area is 95.7 Å². The molecule has 0 aliphatic rings. The van der Waals surface area contributed by atoms with Crippen LogP contribution in [0, 0.1) is 11.7 Å². The zero-order valence-electron chi connectivity index (χ0n) is 8.85. The minimum absolute atomic E-state index is 0. The molecular weight excluding hydrogens is 217 g/mol. The average Bonchev–Trinajstić information content (AvgIpc) is 2.16. The summed E-state index contributed by atoms with van der Waals surface area (Å²) in [6, 6.07) is 5.46. The normalized spacial score (nSPS) is 14.5. The van der Waals surface area contributed by atoms with Crippen LogP contribution >= 0.6 is 12.4 Å². The molecule has 15 heavy (non-hydrogen) atoms. The van der Waals surface area contributed by atoms with E-state index in [0.29, 0.717) is 0 Å². The lowest BCUT2D eigenvalue weighted by atomic mass is 9.94. The first-order valence-electron chi connectivity index (χ1n) is 4.71. The number of hydrogen-bond acceptors (Lipinski definition) is 2. The van der Waals surface area contributed by atoms with Gasteiger partial charge in [0.1, 0.15) is 5.82 Å². The third kappa shape index (κ3) is 3.78. The molecule has 4 heteroatoms. The molecule has 0 saturated heterocycles. The van der Waals surface area contributed by atoms with E-state index in [1.807, 2.05) is 13.8 Å². The fourth-order valence-electron chi connectivity index (χ4n) is 1.30. The van der Waals surface area contributed by atoms with Gasteiger partial charge in [-0.15, -0.1) is 12.4 Å². The molecule has 0 spiro atoms. The number of halogens is 2. The Morgan fingerprint density at radius 1 is 1.20 bits per heavy atom. The van der Waals surface area contributed by atoms with Gasteiger partial charge in [0.2, 0.25) is 0 Å². The summed E-state index contributed by atoms with van der Waals surface area (Å²) in [5, 5.41) is 9.70. The van der Waals surface area contributed by atoms with Gasteiger partial charge in [0.05, 0.1) is 12.1 Å². The van der Waals surface area contributed by atoms with Crippen molar-refractivity contribution in [2.45, 2.75) is 26.0 Å². The summed E-state index contributed by atoms with van der Waals surface area (Å²) >= 11 is 0. The SMILES string of the molecule is CC(C)[C@H](O)[C@H](N)c1ccc(F)cc1.Cl. The minimum Gasteiger partial charge on any atom is -0.391 e. The van der Waals surface area contributed by atoms with Crippen LogP contribution in [-0.2, 0) is 0 Å². The maximum absolute atomic E-state index is 12.6. The predicted octanol–water partition coefficient (Wildman–Crippen LogP) is 2.26. The highest BCUT2D eigenvalue weighted by atomic mass is 35.5. The van der Waals surface area contributed by atoms with E-state index in [2.05, 4.69) is 0 Å². The van der Waals surface area contributed by atoms with Crippen LogP contribution in [0.2, 0.25) is 0 Å². The number of aliphatic hydroxyl groups excluding tert-OH is 1. The van der Waals surface area contributed by atoms with Gasteiger partial charge in [-0.2, -0.15) is 0 Å². The van der Waals surface area contributed by atoms with Crippen LogP contribution < -0.4 is 5.73 Å². The van der Waals surface area contributed by atoms with Crippen molar-refractivity contribution < 1.29 is 9.50 Å². The summed E-state index contributed by atoms with van der Waals surface area (Å²) in [4.78, 5) is 0. The second-order valence-electron chi connectivity index (χ2n) is 3.81. The van der Waals surface area contributed by atoms with E-state index in [-0.39, 0.29) is 24.1 Å². The molecule has 0 saturated carbocycles. The van der Waals surface area contributed by atoms with Gasteiger partial charge in [0.15, 0.2) is 0 Å². The molecule has 0 radical (unpaired) electrons. The Hall–Kier alpha value is -0.640. The molecule has 0 aliphatic heterocycles. The van der Waals surface area contributed by atoms with E-state index in [1.54, 1.807) is 12.1 Å². The molecule has 1 aromatic carbocycles. The molecule has 0 aromatic heterocycles. The molecule has 2 nitrogen and oxygen atoms in total. The molecular formula is C11H17ClFNO. The first-order valence-corrected chi connectivity index (χ1v) is 4.71. The summed E-state index contributed by atoms with van der Waals surface area (Å²) in [5.74, 6) is -0.199. The smallest absolute Gasteiger partial charge is 0.123 e. The summed E-state index contributed by atoms with van der Waals surface area (Å²) in [6.07, 6.45) is -0.597. The summed E-state index contributed by atoms with van der Waals surface area (Å²) in [6.45, 7) is 3.79. The third-order valence-electron chi connectivity index (χ3n) is 2.31. The van der Waals surface area contributed by atoms with Crippen LogP contribution in [0.5, 0.6) is 0 Å². The second-order valence-corrected chi connectivity index (χ2v) is 3.81. The van der Waals surface area contributed by atoms with Gasteiger partial charge < -0.3 is 10.8 Å². The van der Waals surface area contributed by atoms with Gasteiger partial charge in [-0.1, -0.05) is 26.0 Å². The molecule has 0 aliphatic carbocycles. The average molecular weight is 234 g/mol. The van der Waals surface area contributed by atoms with Crippen LogP contribution in [0.3, 0.4) is 0 Å². The molecule has 0 unspecified atom stereocenters. The van der Waals surface area contributed by atoms with E-state index in [0.717, 1.165) is 5.56 Å². The van der Waals surface area contributed by atoms with Crippen LogP contribution in [0.25, 0.3) is 0 Å². The first-order chi connectivity index (χ1) is 6.52. The predicted molar refractivity (Wildman–Crippen MR) is 61.4 cm³/mol. The van der Waals surface area contributed by atoms with E-state index in [9.17, 15) is 9.50 Å². The Kier molecular flexibility index (Phi) is 5.80. The summed E-state index contributed by atoms with van der Waals surface area (Å²) in [5.41, 5.74) is 6.57. The number of nitrogens with two attached hydrogens (primary N) is 1. The van der Waals surface area contributed by atoms with E-state index in [4.69, 9.17) is 5.73 Å². The second kappa shape index (κ2) is 6.05. The Balaban J connectivity index is 0.00000196. The van der Waals surface area contributed by atoms with Crippen molar-refractivity contribution in [1.82, 2.24) is 0 Å². The maximum Gasteiger partial charge on any atom is 0.123 e. The lowest BCUT2D eigenvalue weighted by molar-refractivity contribution is 0.0979.